The molecule has 2 aromatic rings. The molecule has 0 aliphatic carbocycles. The number of hydrogen-bond donors (Lipinski definition) is 1. The van der Waals surface area contributed by atoms with E-state index in [-0.39, 0.29) is 0 Å². The zero-order valence-electron chi connectivity index (χ0n) is 10.9. The Morgan fingerprint density at radius 1 is 1.33 bits per heavy atom. The fourth-order valence-electron chi connectivity index (χ4n) is 2.51. The van der Waals surface area contributed by atoms with Crippen molar-refractivity contribution in [3.63, 3.8) is 0 Å². The van der Waals surface area contributed by atoms with Gasteiger partial charge >= 0.3 is 0 Å². The third-order valence-corrected chi connectivity index (χ3v) is 4.37. The largest absolute Gasteiger partial charge is 0.361 e. The van der Waals surface area contributed by atoms with Gasteiger partial charge in [-0.05, 0) is 43.5 Å². The average molecular weight is 258 g/mol. The first kappa shape index (κ1) is 11.9. The van der Waals surface area contributed by atoms with Crippen LogP contribution in [0.25, 0.3) is 16.5 Å². The van der Waals surface area contributed by atoms with E-state index in [0.29, 0.717) is 0 Å². The second-order valence-electron chi connectivity index (χ2n) is 4.86. The van der Waals surface area contributed by atoms with Gasteiger partial charge in [-0.1, -0.05) is 6.08 Å². The predicted octanol–water partition coefficient (Wildman–Crippen LogP) is 3.61. The molecule has 0 bridgehead atoms. The Bertz CT molecular complexity index is 598. The minimum Gasteiger partial charge on any atom is -0.361 e. The van der Waals surface area contributed by atoms with Crippen LogP contribution >= 0.6 is 11.8 Å². The van der Waals surface area contributed by atoms with Crippen LogP contribution in [0.5, 0.6) is 0 Å². The zero-order valence-corrected chi connectivity index (χ0v) is 11.7. The molecule has 0 unspecified atom stereocenters. The fourth-order valence-corrected chi connectivity index (χ4v) is 2.95. The van der Waals surface area contributed by atoms with E-state index in [0.717, 1.165) is 19.5 Å². The first-order valence-electron chi connectivity index (χ1n) is 6.31. The average Bonchev–Trinajstić information content (AvgIpc) is 2.82. The minimum absolute atomic E-state index is 1.06. The molecule has 2 heterocycles. The molecule has 0 saturated carbocycles. The molecular formula is C15H18N2S. The first-order valence-corrected chi connectivity index (χ1v) is 7.53. The molecule has 3 rings (SSSR count). The van der Waals surface area contributed by atoms with Crippen molar-refractivity contribution >= 4 is 28.2 Å². The monoisotopic (exact) mass is 258 g/mol. The summed E-state index contributed by atoms with van der Waals surface area (Å²) in [5, 5.41) is 1.36. The molecule has 1 aromatic carbocycles. The maximum atomic E-state index is 3.38. The Morgan fingerprint density at radius 3 is 2.94 bits per heavy atom. The topological polar surface area (TPSA) is 19.0 Å². The highest BCUT2D eigenvalue weighted by atomic mass is 32.2. The Morgan fingerprint density at radius 2 is 2.22 bits per heavy atom. The number of thioether (sulfide) groups is 1. The number of likely N-dealkylation sites (N-methyl/N-ethyl adjacent to an activating group) is 1. The molecule has 94 valence electrons. The van der Waals surface area contributed by atoms with E-state index in [1.807, 2.05) is 0 Å². The van der Waals surface area contributed by atoms with E-state index in [9.17, 15) is 0 Å². The maximum Gasteiger partial charge on any atom is 0.0461 e. The quantitative estimate of drug-likeness (QED) is 0.830. The van der Waals surface area contributed by atoms with E-state index in [1.54, 1.807) is 11.8 Å². The van der Waals surface area contributed by atoms with Crippen LogP contribution in [0.1, 0.15) is 12.0 Å². The van der Waals surface area contributed by atoms with Crippen LogP contribution in [0.4, 0.5) is 0 Å². The normalized spacial score (nSPS) is 17.1. The van der Waals surface area contributed by atoms with Gasteiger partial charge in [0.1, 0.15) is 0 Å². The van der Waals surface area contributed by atoms with Crippen LogP contribution in [0.2, 0.25) is 0 Å². The Kier molecular flexibility index (Phi) is 3.18. The van der Waals surface area contributed by atoms with E-state index in [2.05, 4.69) is 53.7 Å². The van der Waals surface area contributed by atoms with Gasteiger partial charge in [0, 0.05) is 40.6 Å². The van der Waals surface area contributed by atoms with Crippen LogP contribution < -0.4 is 0 Å². The zero-order chi connectivity index (χ0) is 12.5. The fraction of sp³-hybridized carbons (Fsp3) is 0.333. The van der Waals surface area contributed by atoms with Crippen LogP contribution in [-0.4, -0.2) is 36.3 Å². The number of aromatic amines is 1. The summed E-state index contributed by atoms with van der Waals surface area (Å²) in [7, 11) is 2.17. The molecule has 18 heavy (non-hydrogen) atoms. The maximum absolute atomic E-state index is 3.38. The molecule has 1 N–H and O–H groups in total. The van der Waals surface area contributed by atoms with Crippen molar-refractivity contribution in [3.05, 3.63) is 36.0 Å². The molecule has 1 aliphatic heterocycles. The van der Waals surface area contributed by atoms with E-state index in [1.165, 1.54) is 26.9 Å². The van der Waals surface area contributed by atoms with Gasteiger partial charge in [0.15, 0.2) is 0 Å². The van der Waals surface area contributed by atoms with Gasteiger partial charge in [-0.3, -0.25) is 0 Å². The molecule has 0 atom stereocenters. The number of H-pyrrole nitrogens is 1. The van der Waals surface area contributed by atoms with Crippen LogP contribution in [0.3, 0.4) is 0 Å². The highest BCUT2D eigenvalue weighted by Gasteiger charge is 2.13. The number of hydrogen-bond acceptors (Lipinski definition) is 2. The molecule has 0 fully saturated rings. The van der Waals surface area contributed by atoms with Gasteiger partial charge in [0.05, 0.1) is 0 Å². The molecule has 0 radical (unpaired) electrons. The van der Waals surface area contributed by atoms with Crippen molar-refractivity contribution in [2.75, 3.05) is 26.4 Å². The SMILES string of the molecule is CSc1ccc2[nH]cc(C3=CCN(C)CC3)c2c1. The molecule has 3 heteroatoms. The molecule has 0 amide bonds. The molecule has 1 aromatic heterocycles. The number of aromatic nitrogens is 1. The van der Waals surface area contributed by atoms with E-state index in [4.69, 9.17) is 0 Å². The van der Waals surface area contributed by atoms with Gasteiger partial charge in [-0.15, -0.1) is 11.8 Å². The number of fused-ring (bicyclic) bond motifs is 1. The van der Waals surface area contributed by atoms with Crippen molar-refractivity contribution in [3.8, 4) is 0 Å². The van der Waals surface area contributed by atoms with Crippen LogP contribution in [0, 0.1) is 0 Å². The summed E-state index contributed by atoms with van der Waals surface area (Å²) in [6.07, 6.45) is 7.79. The number of nitrogens with one attached hydrogen (secondary N) is 1. The van der Waals surface area contributed by atoms with Crippen molar-refractivity contribution in [1.82, 2.24) is 9.88 Å². The lowest BCUT2D eigenvalue weighted by Gasteiger charge is -2.21. The summed E-state index contributed by atoms with van der Waals surface area (Å²) in [5.74, 6) is 0. The molecule has 0 saturated heterocycles. The Balaban J connectivity index is 2.06. The Hall–Kier alpha value is -1.19. The third kappa shape index (κ3) is 2.08. The van der Waals surface area contributed by atoms with Gasteiger partial charge in [0.25, 0.3) is 0 Å². The van der Waals surface area contributed by atoms with Crippen molar-refractivity contribution in [1.29, 1.82) is 0 Å². The number of benzene rings is 1. The lowest BCUT2D eigenvalue weighted by molar-refractivity contribution is 0.370. The van der Waals surface area contributed by atoms with Gasteiger partial charge < -0.3 is 9.88 Å². The second-order valence-corrected chi connectivity index (χ2v) is 5.74. The highest BCUT2D eigenvalue weighted by molar-refractivity contribution is 7.98. The molecule has 1 aliphatic rings. The summed E-state index contributed by atoms with van der Waals surface area (Å²) in [6, 6.07) is 6.65. The van der Waals surface area contributed by atoms with Gasteiger partial charge in [-0.2, -0.15) is 0 Å². The smallest absolute Gasteiger partial charge is 0.0461 e. The number of nitrogens with zero attached hydrogens (tertiary/aromatic N) is 1. The summed E-state index contributed by atoms with van der Waals surface area (Å²) in [5.41, 5.74) is 4.11. The van der Waals surface area contributed by atoms with Crippen molar-refractivity contribution < 1.29 is 0 Å². The minimum atomic E-state index is 1.06. The van der Waals surface area contributed by atoms with Crippen molar-refractivity contribution in [2.24, 2.45) is 0 Å². The van der Waals surface area contributed by atoms with Gasteiger partial charge in [0.2, 0.25) is 0 Å². The summed E-state index contributed by atoms with van der Waals surface area (Å²) in [4.78, 5) is 7.07. The predicted molar refractivity (Wildman–Crippen MR) is 80.2 cm³/mol. The third-order valence-electron chi connectivity index (χ3n) is 3.65. The van der Waals surface area contributed by atoms with Gasteiger partial charge in [-0.25, -0.2) is 0 Å². The summed E-state index contributed by atoms with van der Waals surface area (Å²) >= 11 is 1.80. The molecule has 2 nitrogen and oxygen atoms in total. The summed E-state index contributed by atoms with van der Waals surface area (Å²) in [6.45, 7) is 2.21. The molecule has 0 spiro atoms. The first-order chi connectivity index (χ1) is 8.78. The number of rotatable bonds is 2. The van der Waals surface area contributed by atoms with Crippen molar-refractivity contribution in [2.45, 2.75) is 11.3 Å². The molecular weight excluding hydrogens is 240 g/mol. The van der Waals surface area contributed by atoms with E-state index >= 15 is 0 Å². The van der Waals surface area contributed by atoms with E-state index < -0.39 is 0 Å². The highest BCUT2D eigenvalue weighted by Crippen LogP contribution is 2.31. The summed E-state index contributed by atoms with van der Waals surface area (Å²) < 4.78 is 0. The lowest BCUT2D eigenvalue weighted by atomic mass is 9.99. The lowest BCUT2D eigenvalue weighted by Crippen LogP contribution is -2.23. The second kappa shape index (κ2) is 4.82. The van der Waals surface area contributed by atoms with Crippen LogP contribution in [-0.2, 0) is 0 Å². The van der Waals surface area contributed by atoms with Crippen LogP contribution in [0.15, 0.2) is 35.4 Å². The standard InChI is InChI=1S/C15H18N2S/c1-17-7-5-11(6-8-17)14-10-16-15-4-3-12(18-2)9-13(14)15/h3-5,9-10,16H,6-8H2,1-2H3. The Labute approximate surface area is 112 Å².